The van der Waals surface area contributed by atoms with Crippen molar-refractivity contribution in [1.29, 1.82) is 0 Å². The third-order valence-electron chi connectivity index (χ3n) is 4.81. The summed E-state index contributed by atoms with van der Waals surface area (Å²) in [5.41, 5.74) is 2.26. The van der Waals surface area contributed by atoms with Gasteiger partial charge in [-0.1, -0.05) is 49.4 Å². The Kier molecular flexibility index (Phi) is 6.66. The Hall–Kier alpha value is -2.86. The number of nitrogens with one attached hydrogen (secondary N) is 1. The predicted molar refractivity (Wildman–Crippen MR) is 106 cm³/mol. The lowest BCUT2D eigenvalue weighted by Gasteiger charge is -2.18. The molecule has 2 unspecified atom stereocenters. The third kappa shape index (κ3) is 5.10. The number of aliphatic hydroxyl groups excluding tert-OH is 1. The molecule has 1 heterocycles. The molecule has 0 aliphatic carbocycles. The number of aryl methyl sites for hydroxylation is 2. The number of hydrogen-bond donors (Lipinski definition) is 2. The number of rotatable bonds is 9. The number of carbonyl (C=O) groups is 2. The number of imide groups is 1. The molecule has 1 fully saturated rings. The quantitative estimate of drug-likeness (QED) is 0.654. The van der Waals surface area contributed by atoms with Gasteiger partial charge in [-0.05, 0) is 42.5 Å². The summed E-state index contributed by atoms with van der Waals surface area (Å²) in [6.07, 6.45) is 1.17. The van der Waals surface area contributed by atoms with Gasteiger partial charge in [-0.2, -0.15) is 0 Å². The molecular formula is C22H26N2O4. The van der Waals surface area contributed by atoms with Crippen LogP contribution in [-0.4, -0.2) is 47.2 Å². The van der Waals surface area contributed by atoms with Crippen molar-refractivity contribution in [1.82, 2.24) is 10.2 Å². The fourth-order valence-corrected chi connectivity index (χ4v) is 3.21. The first-order valence-corrected chi connectivity index (χ1v) is 9.62. The normalized spacial score (nSPS) is 17.5. The number of ether oxygens (including phenoxy) is 1. The van der Waals surface area contributed by atoms with Gasteiger partial charge in [0.05, 0.1) is 6.54 Å². The van der Waals surface area contributed by atoms with Gasteiger partial charge in [-0.25, -0.2) is 4.79 Å². The number of urea groups is 1. The molecule has 0 saturated carbocycles. The molecule has 2 atom stereocenters. The zero-order valence-electron chi connectivity index (χ0n) is 16.0. The first-order chi connectivity index (χ1) is 13.6. The van der Waals surface area contributed by atoms with Gasteiger partial charge in [-0.15, -0.1) is 0 Å². The van der Waals surface area contributed by atoms with Crippen LogP contribution in [-0.2, 0) is 17.6 Å². The lowest BCUT2D eigenvalue weighted by atomic mass is 10.1. The summed E-state index contributed by atoms with van der Waals surface area (Å²) in [6, 6.07) is 16.4. The van der Waals surface area contributed by atoms with Gasteiger partial charge in [0, 0.05) is 0 Å². The third-order valence-corrected chi connectivity index (χ3v) is 4.81. The summed E-state index contributed by atoms with van der Waals surface area (Å²) in [4.78, 5) is 25.7. The zero-order valence-corrected chi connectivity index (χ0v) is 16.0. The number of β-amino-alcohol motifs (C(OH)–C–C–N with tert-alkyl or cyclic N) is 1. The Morgan fingerprint density at radius 2 is 1.86 bits per heavy atom. The van der Waals surface area contributed by atoms with Gasteiger partial charge in [0.1, 0.15) is 24.5 Å². The predicted octanol–water partition coefficient (Wildman–Crippen LogP) is 2.54. The van der Waals surface area contributed by atoms with E-state index in [1.54, 1.807) is 0 Å². The van der Waals surface area contributed by atoms with Crippen molar-refractivity contribution in [3.8, 4) is 5.75 Å². The van der Waals surface area contributed by atoms with E-state index in [1.165, 1.54) is 0 Å². The fraction of sp³-hybridized carbons (Fsp3) is 0.364. The average molecular weight is 382 g/mol. The fourth-order valence-electron chi connectivity index (χ4n) is 3.21. The molecule has 2 aromatic carbocycles. The monoisotopic (exact) mass is 382 g/mol. The lowest BCUT2D eigenvalue weighted by molar-refractivity contribution is -0.128. The topological polar surface area (TPSA) is 78.9 Å². The summed E-state index contributed by atoms with van der Waals surface area (Å²) in [5, 5.41) is 12.9. The van der Waals surface area contributed by atoms with Crippen molar-refractivity contribution in [3.05, 3.63) is 65.7 Å². The van der Waals surface area contributed by atoms with Crippen LogP contribution in [0.5, 0.6) is 5.75 Å². The molecular weight excluding hydrogens is 356 g/mol. The molecule has 28 heavy (non-hydrogen) atoms. The van der Waals surface area contributed by atoms with Crippen LogP contribution < -0.4 is 10.1 Å². The molecule has 3 rings (SSSR count). The van der Waals surface area contributed by atoms with Crippen LogP contribution in [0, 0.1) is 0 Å². The molecule has 6 heteroatoms. The minimum Gasteiger partial charge on any atom is -0.491 e. The second-order valence-electron chi connectivity index (χ2n) is 6.94. The Labute approximate surface area is 165 Å². The van der Waals surface area contributed by atoms with Crippen molar-refractivity contribution in [3.63, 3.8) is 0 Å². The molecule has 148 valence electrons. The Bertz CT molecular complexity index is 809. The standard InChI is InChI=1S/C22H26N2O4/c1-2-16-9-6-10-19(13-16)28-15-18(25)14-24-21(26)20(23-22(24)27)12-11-17-7-4-3-5-8-17/h3-10,13,18,20,25H,2,11-12,14-15H2,1H3,(H,23,27). The number of nitrogens with zero attached hydrogens (tertiary/aromatic N) is 1. The maximum atomic E-state index is 12.5. The molecule has 0 spiro atoms. The van der Waals surface area contributed by atoms with Gasteiger partial charge >= 0.3 is 6.03 Å². The highest BCUT2D eigenvalue weighted by Crippen LogP contribution is 2.16. The van der Waals surface area contributed by atoms with E-state index in [1.807, 2.05) is 54.6 Å². The lowest BCUT2D eigenvalue weighted by Crippen LogP contribution is -2.40. The van der Waals surface area contributed by atoms with Crippen molar-refractivity contribution < 1.29 is 19.4 Å². The largest absolute Gasteiger partial charge is 0.491 e. The average Bonchev–Trinajstić information content (AvgIpc) is 2.99. The molecule has 1 aliphatic heterocycles. The molecule has 2 N–H and O–H groups in total. The minimum absolute atomic E-state index is 0.0128. The van der Waals surface area contributed by atoms with Gasteiger partial charge in [0.2, 0.25) is 0 Å². The summed E-state index contributed by atoms with van der Waals surface area (Å²) in [7, 11) is 0. The van der Waals surface area contributed by atoms with Gasteiger partial charge in [-0.3, -0.25) is 9.69 Å². The highest BCUT2D eigenvalue weighted by molar-refractivity contribution is 6.04. The zero-order chi connectivity index (χ0) is 19.9. The number of aliphatic hydroxyl groups is 1. The van der Waals surface area contributed by atoms with Crippen LogP contribution in [0.3, 0.4) is 0 Å². The van der Waals surface area contributed by atoms with Crippen molar-refractivity contribution in [2.24, 2.45) is 0 Å². The van der Waals surface area contributed by atoms with Gasteiger partial charge < -0.3 is 15.2 Å². The molecule has 0 radical (unpaired) electrons. The van der Waals surface area contributed by atoms with Crippen LogP contribution >= 0.6 is 0 Å². The van der Waals surface area contributed by atoms with Crippen LogP contribution in [0.1, 0.15) is 24.5 Å². The molecule has 3 amide bonds. The minimum atomic E-state index is -0.951. The number of benzene rings is 2. The second-order valence-corrected chi connectivity index (χ2v) is 6.94. The van der Waals surface area contributed by atoms with Crippen molar-refractivity contribution >= 4 is 11.9 Å². The van der Waals surface area contributed by atoms with Crippen LogP contribution in [0.2, 0.25) is 0 Å². The van der Waals surface area contributed by atoms with Crippen molar-refractivity contribution in [2.75, 3.05) is 13.2 Å². The Balaban J connectivity index is 1.49. The number of carbonyl (C=O) groups excluding carboxylic acids is 2. The summed E-state index contributed by atoms with van der Waals surface area (Å²) in [6.45, 7) is 1.98. The summed E-state index contributed by atoms with van der Waals surface area (Å²) >= 11 is 0. The van der Waals surface area contributed by atoms with Crippen LogP contribution in [0.15, 0.2) is 54.6 Å². The van der Waals surface area contributed by atoms with E-state index in [-0.39, 0.29) is 19.1 Å². The van der Waals surface area contributed by atoms with Crippen LogP contribution in [0.25, 0.3) is 0 Å². The van der Waals surface area contributed by atoms with E-state index >= 15 is 0 Å². The van der Waals surface area contributed by atoms with Crippen molar-refractivity contribution in [2.45, 2.75) is 38.3 Å². The molecule has 0 aromatic heterocycles. The Morgan fingerprint density at radius 3 is 2.61 bits per heavy atom. The Morgan fingerprint density at radius 1 is 1.11 bits per heavy atom. The summed E-state index contributed by atoms with van der Waals surface area (Å²) in [5.74, 6) is 0.365. The molecule has 1 saturated heterocycles. The summed E-state index contributed by atoms with van der Waals surface area (Å²) < 4.78 is 5.60. The maximum absolute atomic E-state index is 12.5. The van der Waals surface area contributed by atoms with E-state index in [0.717, 1.165) is 22.4 Å². The molecule has 0 bridgehead atoms. The highest BCUT2D eigenvalue weighted by atomic mass is 16.5. The first-order valence-electron chi connectivity index (χ1n) is 9.62. The van der Waals surface area contributed by atoms with E-state index in [2.05, 4.69) is 12.2 Å². The van der Waals surface area contributed by atoms with Gasteiger partial charge in [0.15, 0.2) is 0 Å². The highest BCUT2D eigenvalue weighted by Gasteiger charge is 2.38. The van der Waals surface area contributed by atoms with E-state index in [4.69, 9.17) is 4.74 Å². The van der Waals surface area contributed by atoms with Gasteiger partial charge in [0.25, 0.3) is 5.91 Å². The molecule has 6 nitrogen and oxygen atoms in total. The van der Waals surface area contributed by atoms with E-state index in [9.17, 15) is 14.7 Å². The number of hydrogen-bond acceptors (Lipinski definition) is 4. The first kappa shape index (κ1) is 19.9. The molecule has 1 aliphatic rings. The number of amides is 3. The smallest absolute Gasteiger partial charge is 0.324 e. The maximum Gasteiger partial charge on any atom is 0.324 e. The van der Waals surface area contributed by atoms with Crippen LogP contribution in [0.4, 0.5) is 4.79 Å². The van der Waals surface area contributed by atoms with E-state index < -0.39 is 18.2 Å². The SMILES string of the molecule is CCc1cccc(OCC(O)CN2C(=O)NC(CCc3ccccc3)C2=O)c1. The van der Waals surface area contributed by atoms with E-state index in [0.29, 0.717) is 18.6 Å². The second kappa shape index (κ2) is 9.37. The molecule has 2 aromatic rings.